The van der Waals surface area contributed by atoms with Crippen molar-refractivity contribution in [2.75, 3.05) is 4.23 Å². The molecule has 0 N–H and O–H groups in total. The fraction of sp³-hybridized carbons (Fsp3) is 0.250. The van der Waals surface area contributed by atoms with Crippen molar-refractivity contribution in [2.24, 2.45) is 0 Å². The highest BCUT2D eigenvalue weighted by Crippen LogP contribution is 2.33. The van der Waals surface area contributed by atoms with Crippen molar-refractivity contribution in [3.05, 3.63) is 53.0 Å². The van der Waals surface area contributed by atoms with Crippen LogP contribution in [0, 0.1) is 0 Å². The molecule has 1 heterocycles. The zero-order valence-corrected chi connectivity index (χ0v) is 16.0. The summed E-state index contributed by atoms with van der Waals surface area (Å²) in [4.78, 5) is 0. The van der Waals surface area contributed by atoms with Gasteiger partial charge in [0, 0.05) is 10.2 Å². The summed E-state index contributed by atoms with van der Waals surface area (Å²) in [6.07, 6.45) is 0. The lowest BCUT2D eigenvalue weighted by Crippen LogP contribution is -2.60. The Balaban J connectivity index is 2.23. The Kier molecular flexibility index (Phi) is 3.23. The maximum Gasteiger partial charge on any atom is 0.174 e. The molecular formula is C16H20BrNSi2. The summed E-state index contributed by atoms with van der Waals surface area (Å²) in [6.45, 7) is 9.92. The molecule has 20 heavy (non-hydrogen) atoms. The zero-order valence-electron chi connectivity index (χ0n) is 12.4. The van der Waals surface area contributed by atoms with Crippen LogP contribution >= 0.6 is 15.9 Å². The molecule has 1 aliphatic heterocycles. The van der Waals surface area contributed by atoms with Gasteiger partial charge < -0.3 is 4.23 Å². The van der Waals surface area contributed by atoms with E-state index in [1.54, 1.807) is 10.4 Å². The van der Waals surface area contributed by atoms with Crippen LogP contribution in [0.4, 0.5) is 5.69 Å². The minimum atomic E-state index is -1.62. The van der Waals surface area contributed by atoms with E-state index in [0.717, 1.165) is 0 Å². The number of hydrogen-bond acceptors (Lipinski definition) is 1. The van der Waals surface area contributed by atoms with E-state index >= 15 is 0 Å². The molecule has 1 nitrogen and oxygen atoms in total. The van der Waals surface area contributed by atoms with E-state index < -0.39 is 16.5 Å². The fourth-order valence-corrected chi connectivity index (χ4v) is 16.8. The second-order valence-corrected chi connectivity index (χ2v) is 16.0. The van der Waals surface area contributed by atoms with Crippen LogP contribution in [-0.2, 0) is 0 Å². The van der Waals surface area contributed by atoms with Gasteiger partial charge in [-0.05, 0) is 54.8 Å². The van der Waals surface area contributed by atoms with E-state index in [1.165, 1.54) is 10.2 Å². The second-order valence-electron chi connectivity index (χ2n) is 6.48. The van der Waals surface area contributed by atoms with Gasteiger partial charge in [0.1, 0.15) is 0 Å². The third-order valence-corrected chi connectivity index (χ3v) is 14.8. The van der Waals surface area contributed by atoms with Crippen molar-refractivity contribution in [1.82, 2.24) is 0 Å². The predicted molar refractivity (Wildman–Crippen MR) is 97.3 cm³/mol. The largest absolute Gasteiger partial charge is 0.417 e. The molecule has 0 saturated heterocycles. The Morgan fingerprint density at radius 3 is 1.85 bits per heavy atom. The molecule has 0 saturated carbocycles. The Labute approximate surface area is 131 Å². The molecule has 0 unspecified atom stereocenters. The van der Waals surface area contributed by atoms with Gasteiger partial charge >= 0.3 is 0 Å². The Hall–Kier alpha value is -0.846. The highest BCUT2D eigenvalue weighted by atomic mass is 79.9. The third kappa shape index (κ3) is 1.93. The number of anilines is 1. The topological polar surface area (TPSA) is 3.24 Å². The molecule has 2 aromatic rings. The molecule has 0 aliphatic carbocycles. The van der Waals surface area contributed by atoms with Crippen molar-refractivity contribution < 1.29 is 0 Å². The molecule has 0 fully saturated rings. The first-order chi connectivity index (χ1) is 9.35. The van der Waals surface area contributed by atoms with Crippen LogP contribution in [0.3, 0.4) is 0 Å². The predicted octanol–water partition coefficient (Wildman–Crippen LogP) is 3.79. The average Bonchev–Trinajstić information content (AvgIpc) is 2.54. The van der Waals surface area contributed by atoms with Crippen molar-refractivity contribution in [1.29, 1.82) is 0 Å². The highest BCUT2D eigenvalue weighted by Gasteiger charge is 2.51. The number of hydrogen-bond donors (Lipinski definition) is 0. The van der Waals surface area contributed by atoms with E-state index in [-0.39, 0.29) is 0 Å². The Bertz CT molecular complexity index is 632. The Morgan fingerprint density at radius 2 is 1.35 bits per heavy atom. The van der Waals surface area contributed by atoms with E-state index in [2.05, 4.69) is 94.9 Å². The number of halogens is 1. The summed E-state index contributed by atoms with van der Waals surface area (Å²) in [5, 5.41) is 3.24. The van der Waals surface area contributed by atoms with Gasteiger partial charge in [0.05, 0.1) is 0 Å². The maximum atomic E-state index is 3.62. The van der Waals surface area contributed by atoms with Crippen molar-refractivity contribution in [2.45, 2.75) is 26.2 Å². The van der Waals surface area contributed by atoms with E-state index in [4.69, 9.17) is 0 Å². The minimum Gasteiger partial charge on any atom is -0.417 e. The first-order valence-electron chi connectivity index (χ1n) is 7.01. The van der Waals surface area contributed by atoms with Gasteiger partial charge in [0.25, 0.3) is 0 Å². The van der Waals surface area contributed by atoms with Gasteiger partial charge in [-0.2, -0.15) is 0 Å². The molecule has 0 amide bonds. The molecule has 104 valence electrons. The summed E-state index contributed by atoms with van der Waals surface area (Å²) in [7, 11) is -3.23. The van der Waals surface area contributed by atoms with E-state index in [0.29, 0.717) is 0 Å². The van der Waals surface area contributed by atoms with Gasteiger partial charge in [0.2, 0.25) is 0 Å². The maximum absolute atomic E-state index is 3.62. The molecule has 3 rings (SSSR count). The van der Waals surface area contributed by atoms with Crippen LogP contribution in [0.1, 0.15) is 0 Å². The van der Waals surface area contributed by atoms with Gasteiger partial charge in [-0.25, -0.2) is 0 Å². The van der Waals surface area contributed by atoms with E-state index in [9.17, 15) is 0 Å². The molecule has 0 radical (unpaired) electrons. The third-order valence-electron chi connectivity index (χ3n) is 4.43. The average molecular weight is 362 g/mol. The van der Waals surface area contributed by atoms with Crippen LogP contribution < -0.4 is 14.6 Å². The quantitative estimate of drug-likeness (QED) is 0.698. The van der Waals surface area contributed by atoms with Gasteiger partial charge in [-0.15, -0.1) is 0 Å². The lowest BCUT2D eigenvalue weighted by molar-refractivity contribution is 1.41. The van der Waals surface area contributed by atoms with Crippen molar-refractivity contribution in [3.8, 4) is 0 Å². The first kappa shape index (κ1) is 14.1. The minimum absolute atomic E-state index is 1.17. The SMILES string of the molecule is C[Si]1(C)c2ccccc2[Si](C)(C)N1c1cccc(Br)c1. The summed E-state index contributed by atoms with van der Waals surface area (Å²) in [6, 6.07) is 17.9. The molecule has 0 aromatic heterocycles. The summed E-state index contributed by atoms with van der Waals surface area (Å²) < 4.78 is 3.97. The normalized spacial score (nSPS) is 18.9. The lowest BCUT2D eigenvalue weighted by Gasteiger charge is -2.41. The van der Waals surface area contributed by atoms with Crippen LogP contribution in [-0.4, -0.2) is 16.5 Å². The fourth-order valence-electron chi connectivity index (χ4n) is 3.75. The number of rotatable bonds is 1. The summed E-state index contributed by atoms with van der Waals surface area (Å²) >= 11 is 3.62. The first-order valence-corrected chi connectivity index (χ1v) is 13.7. The Morgan fingerprint density at radius 1 is 0.800 bits per heavy atom. The summed E-state index contributed by atoms with van der Waals surface area (Å²) in [5.74, 6) is 0. The number of nitrogens with zero attached hydrogens (tertiary/aromatic N) is 1. The molecule has 4 heteroatoms. The van der Waals surface area contributed by atoms with Gasteiger partial charge in [0.15, 0.2) is 16.5 Å². The molecule has 1 aliphatic rings. The molecule has 0 atom stereocenters. The molecule has 0 spiro atoms. The highest BCUT2D eigenvalue weighted by molar-refractivity contribution is 9.10. The monoisotopic (exact) mass is 361 g/mol. The standard InChI is InChI=1S/C16H20BrNSi2/c1-19(2)15-10-5-6-11-16(15)20(3,4)18(19)14-9-7-8-13(17)12-14/h5-12H,1-4H3. The van der Waals surface area contributed by atoms with Crippen molar-refractivity contribution in [3.63, 3.8) is 0 Å². The van der Waals surface area contributed by atoms with Crippen LogP contribution in [0.5, 0.6) is 0 Å². The van der Waals surface area contributed by atoms with Crippen molar-refractivity contribution >= 4 is 48.5 Å². The summed E-state index contributed by atoms with van der Waals surface area (Å²) in [5.41, 5.74) is 1.38. The van der Waals surface area contributed by atoms with Gasteiger partial charge in [-0.3, -0.25) is 0 Å². The second kappa shape index (κ2) is 4.58. The van der Waals surface area contributed by atoms with Crippen LogP contribution in [0.25, 0.3) is 0 Å². The molecular weight excluding hydrogens is 342 g/mol. The zero-order chi connectivity index (χ0) is 14.5. The smallest absolute Gasteiger partial charge is 0.174 e. The number of benzene rings is 2. The lowest BCUT2D eigenvalue weighted by atomic mass is 10.3. The number of fused-ring (bicyclic) bond motifs is 1. The van der Waals surface area contributed by atoms with Crippen LogP contribution in [0.15, 0.2) is 53.0 Å². The van der Waals surface area contributed by atoms with E-state index in [1.807, 2.05) is 0 Å². The van der Waals surface area contributed by atoms with Crippen LogP contribution in [0.2, 0.25) is 26.2 Å². The molecule has 2 aromatic carbocycles. The van der Waals surface area contributed by atoms with Gasteiger partial charge in [-0.1, -0.05) is 46.3 Å². The molecule has 0 bridgehead atoms.